The van der Waals surface area contributed by atoms with Gasteiger partial charge < -0.3 is 24.9 Å². The van der Waals surface area contributed by atoms with Gasteiger partial charge in [0.2, 0.25) is 0 Å². The van der Waals surface area contributed by atoms with E-state index >= 15 is 0 Å². The van der Waals surface area contributed by atoms with Crippen molar-refractivity contribution in [1.82, 2.24) is 39.9 Å². The minimum absolute atomic E-state index is 0. The van der Waals surface area contributed by atoms with Crippen molar-refractivity contribution in [3.05, 3.63) is 120 Å². The zero-order chi connectivity index (χ0) is 26.2. The van der Waals surface area contributed by atoms with Crippen molar-refractivity contribution in [2.45, 2.75) is 11.8 Å². The molecule has 8 bridgehead atoms. The van der Waals surface area contributed by atoms with Gasteiger partial charge in [-0.25, -0.2) is 15.0 Å². The van der Waals surface area contributed by atoms with Crippen LogP contribution in [0.3, 0.4) is 0 Å². The number of nitrogens with zero attached hydrogens (tertiary/aromatic N) is 8. The quantitative estimate of drug-likeness (QED) is 0.225. The van der Waals surface area contributed by atoms with Crippen molar-refractivity contribution in [3.8, 4) is 22.8 Å². The molecule has 2 unspecified atom stereocenters. The molecular weight excluding hydrogens is 704 g/mol. The fraction of sp³-hybridized carbons (Fsp3) is 0.0625. The third kappa shape index (κ3) is 3.70. The molecule has 0 spiro atoms. The minimum Gasteiger partial charge on any atom is -0.361 e. The second kappa shape index (κ2) is 9.23. The van der Waals surface area contributed by atoms with Crippen molar-refractivity contribution >= 4 is 60.5 Å². The van der Waals surface area contributed by atoms with Gasteiger partial charge in [-0.1, -0.05) is 97.1 Å². The SMILES string of the molecule is C1=CC2=c3nc(nc4nc(nc5[n-]c(nc6[n-]c(n3)C3C=CC=CC=63)c3ccccc53)-c3ccccc3-4)C2C=C1.[Pb+2]. The van der Waals surface area contributed by atoms with Gasteiger partial charge in [0, 0.05) is 39.6 Å². The summed E-state index contributed by atoms with van der Waals surface area (Å²) in [5.74, 6) is 2.21. The molecule has 0 fully saturated rings. The van der Waals surface area contributed by atoms with E-state index in [1.54, 1.807) is 0 Å². The number of rotatable bonds is 0. The first-order chi connectivity index (χ1) is 19.8. The van der Waals surface area contributed by atoms with Crippen LogP contribution in [0, 0.1) is 0 Å². The van der Waals surface area contributed by atoms with E-state index < -0.39 is 0 Å². The third-order valence-corrected chi connectivity index (χ3v) is 7.67. The Bertz CT molecular complexity index is 2250. The average Bonchev–Trinajstić information content (AvgIpc) is 3.73. The summed E-state index contributed by atoms with van der Waals surface area (Å²) in [5, 5.41) is 1.81. The molecule has 2 aliphatic carbocycles. The van der Waals surface area contributed by atoms with E-state index in [1.807, 2.05) is 85.0 Å². The van der Waals surface area contributed by atoms with Crippen LogP contribution in [0.15, 0.2) is 97.1 Å². The van der Waals surface area contributed by atoms with E-state index in [9.17, 15) is 0 Å². The van der Waals surface area contributed by atoms with Crippen LogP contribution in [0.25, 0.3) is 56.0 Å². The van der Waals surface area contributed by atoms with E-state index in [1.165, 1.54) is 0 Å². The van der Waals surface area contributed by atoms with Gasteiger partial charge in [-0.2, -0.15) is 0 Å². The predicted molar refractivity (Wildman–Crippen MR) is 157 cm³/mol. The van der Waals surface area contributed by atoms with Crippen molar-refractivity contribution in [1.29, 1.82) is 0 Å². The molecule has 9 heteroatoms. The molecule has 0 N–H and O–H groups in total. The first-order valence-electron chi connectivity index (χ1n) is 13.1. The molecule has 0 saturated carbocycles. The van der Waals surface area contributed by atoms with Gasteiger partial charge in [0.15, 0.2) is 5.82 Å². The standard InChI is InChI=1S/C32H18N8.Pb/c1-2-10-18-17(9-1)25-33-26(18)38-28-21-13-5-6-14-22(21)30(35-28)40-32-24-16-8-7-15-23(24)31(36-32)39-29-20-12-4-3-11-19(20)27(34-29)37-25;/h1-17,20H;/q-2;+2. The van der Waals surface area contributed by atoms with E-state index in [0.29, 0.717) is 45.6 Å². The molecule has 3 aliphatic heterocycles. The summed E-state index contributed by atoms with van der Waals surface area (Å²) in [6.07, 6.45) is 16.3. The van der Waals surface area contributed by atoms with Crippen LogP contribution >= 0.6 is 0 Å². The fourth-order valence-electron chi connectivity index (χ4n) is 5.76. The van der Waals surface area contributed by atoms with Crippen molar-refractivity contribution in [2.75, 3.05) is 0 Å². The molecule has 2 radical (unpaired) electrons. The molecule has 190 valence electrons. The van der Waals surface area contributed by atoms with Crippen LogP contribution in [0.1, 0.15) is 23.5 Å². The molecule has 5 aliphatic rings. The number of allylic oxidation sites excluding steroid dienone is 8. The molecule has 2 aromatic carbocycles. The van der Waals surface area contributed by atoms with Crippen LogP contribution in [0.2, 0.25) is 0 Å². The van der Waals surface area contributed by atoms with Gasteiger partial charge in [0.25, 0.3) is 0 Å². The zero-order valence-electron chi connectivity index (χ0n) is 21.5. The maximum absolute atomic E-state index is 5.01. The van der Waals surface area contributed by atoms with Crippen LogP contribution in [0.5, 0.6) is 0 Å². The molecule has 41 heavy (non-hydrogen) atoms. The minimum atomic E-state index is -0.113. The van der Waals surface area contributed by atoms with Crippen molar-refractivity contribution in [2.24, 2.45) is 0 Å². The van der Waals surface area contributed by atoms with Crippen LogP contribution in [0.4, 0.5) is 0 Å². The van der Waals surface area contributed by atoms with Crippen molar-refractivity contribution in [3.63, 3.8) is 0 Å². The average molecular weight is 722 g/mol. The summed E-state index contributed by atoms with van der Waals surface area (Å²) in [7, 11) is 0. The zero-order valence-corrected chi connectivity index (χ0v) is 25.4. The Morgan fingerprint density at radius 2 is 1.22 bits per heavy atom. The molecule has 2 atom stereocenters. The number of hydrogen-bond acceptors (Lipinski definition) is 6. The topological polar surface area (TPSA) is 106 Å². The second-order valence-corrected chi connectivity index (χ2v) is 10.00. The first-order valence-corrected chi connectivity index (χ1v) is 13.1. The van der Waals surface area contributed by atoms with Gasteiger partial charge in [-0.3, -0.25) is 0 Å². The molecule has 2 aromatic heterocycles. The maximum Gasteiger partial charge on any atom is 2.00 e. The Labute approximate surface area is 253 Å². The fourth-order valence-corrected chi connectivity index (χ4v) is 5.76. The van der Waals surface area contributed by atoms with Gasteiger partial charge in [-0.05, 0) is 21.9 Å². The Balaban J connectivity index is 0.00000256. The summed E-state index contributed by atoms with van der Waals surface area (Å²) in [6, 6.07) is 16.0. The Kier molecular flexibility index (Phi) is 5.46. The Morgan fingerprint density at radius 1 is 0.561 bits per heavy atom. The number of hydrogen-bond donors (Lipinski definition) is 0. The van der Waals surface area contributed by atoms with Crippen molar-refractivity contribution < 1.29 is 0 Å². The molecule has 0 saturated heterocycles. The molecule has 0 amide bonds. The third-order valence-electron chi connectivity index (χ3n) is 7.67. The summed E-state index contributed by atoms with van der Waals surface area (Å²) in [4.78, 5) is 39.5. The predicted octanol–water partition coefficient (Wildman–Crippen LogP) is 3.10. The Morgan fingerprint density at radius 3 is 2.00 bits per heavy atom. The molecule has 8 nitrogen and oxygen atoms in total. The first kappa shape index (κ1) is 24.2. The summed E-state index contributed by atoms with van der Waals surface area (Å²) in [6.45, 7) is 0. The van der Waals surface area contributed by atoms with Crippen LogP contribution in [-0.4, -0.2) is 57.2 Å². The Hall–Kier alpha value is -4.58. The van der Waals surface area contributed by atoms with Crippen LogP contribution < -0.4 is 20.9 Å². The van der Waals surface area contributed by atoms with E-state index in [0.717, 1.165) is 33.0 Å². The molecular formula is C32H18N8Pb. The maximum atomic E-state index is 5.01. The van der Waals surface area contributed by atoms with E-state index in [4.69, 9.17) is 39.9 Å². The van der Waals surface area contributed by atoms with Gasteiger partial charge >= 0.3 is 27.3 Å². The number of fused-ring (bicyclic) bond motifs is 18. The second-order valence-electron chi connectivity index (χ2n) is 10.00. The van der Waals surface area contributed by atoms with E-state index in [2.05, 4.69) is 12.2 Å². The summed E-state index contributed by atoms with van der Waals surface area (Å²) < 4.78 is 0. The summed E-state index contributed by atoms with van der Waals surface area (Å²) in [5.41, 5.74) is 6.13. The van der Waals surface area contributed by atoms with Gasteiger partial charge in [0.05, 0.1) is 17.2 Å². The van der Waals surface area contributed by atoms with E-state index in [-0.39, 0.29) is 39.1 Å². The molecule has 9 rings (SSSR count). The smallest absolute Gasteiger partial charge is 0.361 e. The summed E-state index contributed by atoms with van der Waals surface area (Å²) >= 11 is 0. The van der Waals surface area contributed by atoms with Gasteiger partial charge in [0.1, 0.15) is 5.82 Å². The number of aromatic nitrogens is 8. The van der Waals surface area contributed by atoms with Gasteiger partial charge in [-0.15, -0.1) is 0 Å². The normalized spacial score (nSPS) is 18.5. The molecule has 5 heterocycles. The number of benzene rings is 2. The largest absolute Gasteiger partial charge is 2.00 e. The molecule has 4 aromatic rings. The monoisotopic (exact) mass is 722 g/mol. The van der Waals surface area contributed by atoms with Crippen LogP contribution in [-0.2, 0) is 0 Å².